The minimum atomic E-state index is -3.92. The number of benzene rings is 2. The second-order valence-corrected chi connectivity index (χ2v) is 7.61. The summed E-state index contributed by atoms with van der Waals surface area (Å²) in [7, 11) is -4.99. The highest BCUT2D eigenvalue weighted by atomic mass is 32.2. The molecule has 2 aromatic carbocycles. The fourth-order valence-electron chi connectivity index (χ4n) is 2.71. The second kappa shape index (κ2) is 6.98. The lowest BCUT2D eigenvalue weighted by Crippen LogP contribution is -2.28. The molecule has 0 aliphatic carbocycles. The minimum Gasteiger partial charge on any atom is -0.423 e. The van der Waals surface area contributed by atoms with E-state index >= 15 is 0 Å². The van der Waals surface area contributed by atoms with Crippen molar-refractivity contribution < 1.29 is 22.9 Å². The van der Waals surface area contributed by atoms with Gasteiger partial charge in [-0.15, -0.1) is 0 Å². The van der Waals surface area contributed by atoms with Crippen LogP contribution in [0.15, 0.2) is 41.3 Å². The van der Waals surface area contributed by atoms with Gasteiger partial charge in [0, 0.05) is 24.8 Å². The molecule has 0 atom stereocenters. The average Bonchev–Trinajstić information content (AvgIpc) is 2.93. The molecule has 3 rings (SSSR count). The predicted molar refractivity (Wildman–Crippen MR) is 98.0 cm³/mol. The quantitative estimate of drug-likeness (QED) is 0.427. The highest BCUT2D eigenvalue weighted by Gasteiger charge is 2.28. The molecule has 0 fully saturated rings. The summed E-state index contributed by atoms with van der Waals surface area (Å²) in [6, 6.07) is 9.21. The van der Waals surface area contributed by atoms with Gasteiger partial charge in [-0.05, 0) is 46.9 Å². The molecule has 1 amide bonds. The highest BCUT2D eigenvalue weighted by Crippen LogP contribution is 2.23. The predicted octanol–water partition coefficient (Wildman–Crippen LogP) is -0.0766. The van der Waals surface area contributed by atoms with Crippen LogP contribution in [0.1, 0.15) is 18.1 Å². The van der Waals surface area contributed by atoms with Gasteiger partial charge in [0.25, 0.3) is 10.0 Å². The molecular formula is C16H18BN3O5S. The molecule has 0 spiro atoms. The number of fused-ring (bicyclic) bond motifs is 1. The molecule has 1 aliphatic rings. The first-order chi connectivity index (χ1) is 12.3. The van der Waals surface area contributed by atoms with Gasteiger partial charge in [-0.3, -0.25) is 9.52 Å². The van der Waals surface area contributed by atoms with Gasteiger partial charge in [0.15, 0.2) is 0 Å². The molecule has 2 aromatic rings. The average molecular weight is 375 g/mol. The zero-order chi connectivity index (χ0) is 18.9. The van der Waals surface area contributed by atoms with E-state index in [4.69, 9.17) is 10.4 Å². The largest absolute Gasteiger partial charge is 0.491 e. The number of nitrogen functional groups attached to an aromatic ring is 1. The number of rotatable bonds is 5. The van der Waals surface area contributed by atoms with E-state index < -0.39 is 17.1 Å². The van der Waals surface area contributed by atoms with Crippen molar-refractivity contribution in [2.24, 2.45) is 0 Å². The highest BCUT2D eigenvalue weighted by molar-refractivity contribution is 7.92. The monoisotopic (exact) mass is 375 g/mol. The van der Waals surface area contributed by atoms with E-state index in [0.29, 0.717) is 22.4 Å². The molecule has 0 bridgehead atoms. The Morgan fingerprint density at radius 3 is 2.81 bits per heavy atom. The summed E-state index contributed by atoms with van der Waals surface area (Å²) in [4.78, 5) is 11.2. The van der Waals surface area contributed by atoms with Crippen molar-refractivity contribution >= 4 is 39.9 Å². The summed E-state index contributed by atoms with van der Waals surface area (Å²) >= 11 is 0. The van der Waals surface area contributed by atoms with Crippen LogP contribution in [-0.2, 0) is 32.6 Å². The van der Waals surface area contributed by atoms with E-state index in [1.807, 2.05) is 0 Å². The number of nitrogens with two attached hydrogens (primary N) is 1. The Hall–Kier alpha value is -2.56. The molecule has 10 heteroatoms. The SMILES string of the molecule is CC(=O)NCc1cc(N)ccc1S(=O)(=O)Nc1ccc2c(c1)B(O)OC2. The van der Waals surface area contributed by atoms with Gasteiger partial charge in [-0.25, -0.2) is 8.42 Å². The third-order valence-corrected chi connectivity index (χ3v) is 5.44. The Bertz CT molecular complexity index is 964. The zero-order valence-electron chi connectivity index (χ0n) is 14.0. The van der Waals surface area contributed by atoms with Gasteiger partial charge in [0.1, 0.15) is 0 Å². The molecule has 0 aromatic heterocycles. The normalized spacial score (nSPS) is 13.4. The van der Waals surface area contributed by atoms with Crippen LogP contribution in [0.3, 0.4) is 0 Å². The van der Waals surface area contributed by atoms with Crippen LogP contribution in [0.25, 0.3) is 0 Å². The Kier molecular flexibility index (Phi) is 4.90. The third-order valence-electron chi connectivity index (χ3n) is 3.96. The number of nitrogens with one attached hydrogen (secondary N) is 2. The Morgan fingerprint density at radius 2 is 2.08 bits per heavy atom. The van der Waals surface area contributed by atoms with Crippen molar-refractivity contribution in [2.75, 3.05) is 10.5 Å². The molecule has 5 N–H and O–H groups in total. The van der Waals surface area contributed by atoms with Gasteiger partial charge in [0.05, 0.1) is 11.5 Å². The minimum absolute atomic E-state index is 0.0118. The lowest BCUT2D eigenvalue weighted by Gasteiger charge is -2.14. The number of amides is 1. The molecule has 1 aliphatic heterocycles. The van der Waals surface area contributed by atoms with Crippen LogP contribution in [0.5, 0.6) is 0 Å². The van der Waals surface area contributed by atoms with E-state index in [1.54, 1.807) is 12.1 Å². The van der Waals surface area contributed by atoms with Crippen LogP contribution in [0.4, 0.5) is 11.4 Å². The fraction of sp³-hybridized carbons (Fsp3) is 0.188. The van der Waals surface area contributed by atoms with Crippen molar-refractivity contribution in [1.82, 2.24) is 5.32 Å². The summed E-state index contributed by atoms with van der Waals surface area (Å²) in [6.45, 7) is 1.66. The molecule has 0 unspecified atom stereocenters. The number of hydrogen-bond donors (Lipinski definition) is 4. The summed E-state index contributed by atoms with van der Waals surface area (Å²) in [5, 5.41) is 12.3. The fourth-order valence-corrected chi connectivity index (χ4v) is 3.98. The van der Waals surface area contributed by atoms with Crippen LogP contribution in [0.2, 0.25) is 0 Å². The number of carbonyl (C=O) groups is 1. The topological polar surface area (TPSA) is 131 Å². The Balaban J connectivity index is 1.91. The molecule has 1 heterocycles. The van der Waals surface area contributed by atoms with Gasteiger partial charge in [0.2, 0.25) is 5.91 Å². The first-order valence-electron chi connectivity index (χ1n) is 7.84. The maximum Gasteiger partial charge on any atom is 0.491 e. The number of sulfonamides is 1. The maximum absolute atomic E-state index is 12.8. The van der Waals surface area contributed by atoms with E-state index in [1.165, 1.54) is 31.2 Å². The molecule has 0 saturated heterocycles. The van der Waals surface area contributed by atoms with E-state index in [9.17, 15) is 18.2 Å². The van der Waals surface area contributed by atoms with Crippen LogP contribution < -0.4 is 21.2 Å². The van der Waals surface area contributed by atoms with Gasteiger partial charge < -0.3 is 20.7 Å². The van der Waals surface area contributed by atoms with Gasteiger partial charge in [-0.2, -0.15) is 0 Å². The number of carbonyl (C=O) groups excluding carboxylic acids is 1. The molecular weight excluding hydrogens is 357 g/mol. The smallest absolute Gasteiger partial charge is 0.423 e. The summed E-state index contributed by atoms with van der Waals surface area (Å²) in [5.41, 5.74) is 8.14. The summed E-state index contributed by atoms with van der Waals surface area (Å²) in [6.07, 6.45) is 0. The van der Waals surface area contributed by atoms with Crippen LogP contribution in [0, 0.1) is 0 Å². The zero-order valence-corrected chi connectivity index (χ0v) is 14.8. The standard InChI is InChI=1S/C16H18BN3O5S/c1-10(21)19-8-12-6-13(18)3-5-16(12)26(23,24)20-14-4-2-11-9-25-17(22)15(11)7-14/h2-7,20,22H,8-9,18H2,1H3,(H,19,21). The van der Waals surface area contributed by atoms with Crippen molar-refractivity contribution in [3.63, 3.8) is 0 Å². The molecule has 0 radical (unpaired) electrons. The van der Waals surface area contributed by atoms with Crippen LogP contribution in [-0.4, -0.2) is 26.5 Å². The Labute approximate surface area is 151 Å². The summed E-state index contributed by atoms with van der Waals surface area (Å²) < 4.78 is 33.2. The first-order valence-corrected chi connectivity index (χ1v) is 9.33. The molecule has 136 valence electrons. The van der Waals surface area contributed by atoms with Gasteiger partial charge >= 0.3 is 7.12 Å². The molecule has 26 heavy (non-hydrogen) atoms. The van der Waals surface area contributed by atoms with Crippen LogP contribution >= 0.6 is 0 Å². The molecule has 0 saturated carbocycles. The van der Waals surface area contributed by atoms with Crippen molar-refractivity contribution in [3.05, 3.63) is 47.5 Å². The van der Waals surface area contributed by atoms with Crippen molar-refractivity contribution in [3.8, 4) is 0 Å². The number of hydrogen-bond acceptors (Lipinski definition) is 6. The van der Waals surface area contributed by atoms with E-state index in [2.05, 4.69) is 10.0 Å². The van der Waals surface area contributed by atoms with E-state index in [-0.39, 0.29) is 24.0 Å². The van der Waals surface area contributed by atoms with Gasteiger partial charge in [-0.1, -0.05) is 6.07 Å². The number of anilines is 2. The van der Waals surface area contributed by atoms with Crippen molar-refractivity contribution in [1.29, 1.82) is 0 Å². The van der Waals surface area contributed by atoms with E-state index in [0.717, 1.165) is 5.56 Å². The lowest BCUT2D eigenvalue weighted by molar-refractivity contribution is -0.119. The Morgan fingerprint density at radius 1 is 1.31 bits per heavy atom. The molecule has 8 nitrogen and oxygen atoms in total. The third kappa shape index (κ3) is 3.82. The summed E-state index contributed by atoms with van der Waals surface area (Å²) in [5.74, 6) is -0.281. The second-order valence-electron chi connectivity index (χ2n) is 5.96. The maximum atomic E-state index is 12.8. The first kappa shape index (κ1) is 18.2. The lowest BCUT2D eigenvalue weighted by atomic mass is 9.79. The van der Waals surface area contributed by atoms with Crippen molar-refractivity contribution in [2.45, 2.75) is 25.0 Å².